The molecule has 0 unspecified atom stereocenters. The van der Waals surface area contributed by atoms with E-state index >= 15 is 0 Å². The zero-order valence-electron chi connectivity index (χ0n) is 10.1. The molecule has 0 heterocycles. The third-order valence-corrected chi connectivity index (χ3v) is 2.44. The van der Waals surface area contributed by atoms with Gasteiger partial charge in [0.05, 0.1) is 6.73 Å². The highest BCUT2D eigenvalue weighted by Crippen LogP contribution is 2.12. The number of hydrogen-bond acceptors (Lipinski definition) is 2. The first-order chi connectivity index (χ1) is 7.74. The number of benzene rings is 1. The molecule has 0 atom stereocenters. The molecule has 16 heavy (non-hydrogen) atoms. The summed E-state index contributed by atoms with van der Waals surface area (Å²) in [7, 11) is 1.85. The van der Waals surface area contributed by atoms with Gasteiger partial charge in [-0.3, -0.25) is 5.32 Å². The van der Waals surface area contributed by atoms with Crippen LogP contribution in [0.4, 0.5) is 4.39 Å². The standard InChI is InChI=1S/C13H20FNO/c1-11-6-7-12(13(14)9-11)5-3-4-8-16-10-15-2/h6-7,9,15H,3-5,8,10H2,1-2H3. The van der Waals surface area contributed by atoms with Gasteiger partial charge in [-0.25, -0.2) is 4.39 Å². The number of nitrogens with one attached hydrogen (secondary N) is 1. The lowest BCUT2D eigenvalue weighted by molar-refractivity contribution is 0.118. The summed E-state index contributed by atoms with van der Waals surface area (Å²) in [5.41, 5.74) is 1.78. The van der Waals surface area contributed by atoms with Crippen molar-refractivity contribution in [2.75, 3.05) is 20.4 Å². The Balaban J connectivity index is 2.21. The van der Waals surface area contributed by atoms with Crippen LogP contribution in [0.3, 0.4) is 0 Å². The van der Waals surface area contributed by atoms with E-state index in [1.807, 2.05) is 26.1 Å². The van der Waals surface area contributed by atoms with Gasteiger partial charge in [-0.1, -0.05) is 12.1 Å². The van der Waals surface area contributed by atoms with Crippen LogP contribution in [0.2, 0.25) is 0 Å². The van der Waals surface area contributed by atoms with Crippen molar-refractivity contribution in [2.24, 2.45) is 0 Å². The SMILES string of the molecule is CNCOCCCCc1ccc(C)cc1F. The van der Waals surface area contributed by atoms with Crippen LogP contribution in [0.25, 0.3) is 0 Å². The van der Waals surface area contributed by atoms with E-state index in [2.05, 4.69) is 5.32 Å². The molecular formula is C13H20FNO. The second-order valence-corrected chi connectivity index (χ2v) is 3.96. The minimum absolute atomic E-state index is 0.0869. The largest absolute Gasteiger partial charge is 0.366 e. The van der Waals surface area contributed by atoms with E-state index in [-0.39, 0.29) is 5.82 Å². The minimum atomic E-state index is -0.0869. The normalized spacial score (nSPS) is 10.7. The molecule has 90 valence electrons. The van der Waals surface area contributed by atoms with Gasteiger partial charge < -0.3 is 4.74 Å². The fourth-order valence-corrected chi connectivity index (χ4v) is 1.55. The van der Waals surface area contributed by atoms with Crippen molar-refractivity contribution in [1.82, 2.24) is 5.32 Å². The fourth-order valence-electron chi connectivity index (χ4n) is 1.55. The Kier molecular flexibility index (Phi) is 6.04. The van der Waals surface area contributed by atoms with Crippen LogP contribution in [0.15, 0.2) is 18.2 Å². The molecule has 0 aliphatic heterocycles. The first kappa shape index (κ1) is 13.1. The number of aryl methyl sites for hydroxylation is 2. The van der Waals surface area contributed by atoms with Gasteiger partial charge in [0.15, 0.2) is 0 Å². The van der Waals surface area contributed by atoms with Crippen molar-refractivity contribution in [2.45, 2.75) is 26.2 Å². The van der Waals surface area contributed by atoms with Crippen LogP contribution in [-0.2, 0) is 11.2 Å². The molecule has 1 N–H and O–H groups in total. The molecular weight excluding hydrogens is 205 g/mol. The van der Waals surface area contributed by atoms with E-state index in [0.29, 0.717) is 6.73 Å². The van der Waals surface area contributed by atoms with Crippen LogP contribution < -0.4 is 5.32 Å². The molecule has 1 aromatic rings. The molecule has 3 heteroatoms. The molecule has 0 saturated heterocycles. The molecule has 1 aromatic carbocycles. The molecule has 0 fully saturated rings. The average molecular weight is 225 g/mol. The van der Waals surface area contributed by atoms with Gasteiger partial charge >= 0.3 is 0 Å². The monoisotopic (exact) mass is 225 g/mol. The van der Waals surface area contributed by atoms with Gasteiger partial charge in [0.25, 0.3) is 0 Å². The van der Waals surface area contributed by atoms with E-state index in [0.717, 1.165) is 37.0 Å². The smallest absolute Gasteiger partial charge is 0.126 e. The Morgan fingerprint density at radius 3 is 2.81 bits per heavy atom. The molecule has 0 aliphatic rings. The van der Waals surface area contributed by atoms with Crippen molar-refractivity contribution < 1.29 is 9.13 Å². The maximum atomic E-state index is 13.4. The maximum Gasteiger partial charge on any atom is 0.126 e. The third-order valence-electron chi connectivity index (χ3n) is 2.44. The summed E-state index contributed by atoms with van der Waals surface area (Å²) < 4.78 is 18.7. The summed E-state index contributed by atoms with van der Waals surface area (Å²) in [6.07, 6.45) is 2.72. The molecule has 2 nitrogen and oxygen atoms in total. The summed E-state index contributed by atoms with van der Waals surface area (Å²) in [6.45, 7) is 3.21. The number of rotatable bonds is 7. The molecule has 0 spiro atoms. The van der Waals surface area contributed by atoms with E-state index < -0.39 is 0 Å². The van der Waals surface area contributed by atoms with Crippen molar-refractivity contribution in [1.29, 1.82) is 0 Å². The van der Waals surface area contributed by atoms with Crippen molar-refractivity contribution in [3.05, 3.63) is 35.1 Å². The predicted octanol–water partition coefficient (Wildman–Crippen LogP) is 2.65. The number of hydrogen-bond donors (Lipinski definition) is 1. The Labute approximate surface area is 96.8 Å². The first-order valence-electron chi connectivity index (χ1n) is 5.71. The molecule has 0 aromatic heterocycles. The molecule has 0 saturated carbocycles. The maximum absolute atomic E-state index is 13.4. The van der Waals surface area contributed by atoms with Crippen LogP contribution in [0, 0.1) is 12.7 Å². The lowest BCUT2D eigenvalue weighted by Gasteiger charge is -2.05. The van der Waals surface area contributed by atoms with Crippen LogP contribution in [-0.4, -0.2) is 20.4 Å². The average Bonchev–Trinajstić information content (AvgIpc) is 2.26. The van der Waals surface area contributed by atoms with Gasteiger partial charge in [-0.2, -0.15) is 0 Å². The quantitative estimate of drug-likeness (QED) is 0.569. The number of halogens is 1. The van der Waals surface area contributed by atoms with Crippen molar-refractivity contribution in [3.63, 3.8) is 0 Å². The number of unbranched alkanes of at least 4 members (excludes halogenated alkanes) is 1. The van der Waals surface area contributed by atoms with Crippen LogP contribution in [0.1, 0.15) is 24.0 Å². The lowest BCUT2D eigenvalue weighted by atomic mass is 10.1. The van der Waals surface area contributed by atoms with E-state index in [1.165, 1.54) is 0 Å². The zero-order valence-corrected chi connectivity index (χ0v) is 10.1. The lowest BCUT2D eigenvalue weighted by Crippen LogP contribution is -2.12. The van der Waals surface area contributed by atoms with Gasteiger partial charge in [-0.15, -0.1) is 0 Å². The summed E-state index contributed by atoms with van der Waals surface area (Å²) in [5.74, 6) is -0.0869. The van der Waals surface area contributed by atoms with Gasteiger partial charge in [0.2, 0.25) is 0 Å². The van der Waals surface area contributed by atoms with Gasteiger partial charge in [-0.05, 0) is 50.4 Å². The van der Waals surface area contributed by atoms with E-state index in [4.69, 9.17) is 4.74 Å². The Bertz CT molecular complexity index is 315. The number of ether oxygens (including phenoxy) is 1. The fraction of sp³-hybridized carbons (Fsp3) is 0.538. The minimum Gasteiger partial charge on any atom is -0.366 e. The van der Waals surface area contributed by atoms with E-state index in [9.17, 15) is 4.39 Å². The second-order valence-electron chi connectivity index (χ2n) is 3.96. The molecule has 0 radical (unpaired) electrons. The summed E-state index contributed by atoms with van der Waals surface area (Å²) in [4.78, 5) is 0. The summed E-state index contributed by atoms with van der Waals surface area (Å²) in [5, 5.41) is 2.91. The summed E-state index contributed by atoms with van der Waals surface area (Å²) >= 11 is 0. The van der Waals surface area contributed by atoms with Crippen LogP contribution in [0.5, 0.6) is 0 Å². The Morgan fingerprint density at radius 1 is 1.31 bits per heavy atom. The third kappa shape index (κ3) is 4.73. The second kappa shape index (κ2) is 7.36. The van der Waals surface area contributed by atoms with E-state index in [1.54, 1.807) is 6.07 Å². The summed E-state index contributed by atoms with van der Waals surface area (Å²) in [6, 6.07) is 5.42. The topological polar surface area (TPSA) is 21.3 Å². The molecule has 0 bridgehead atoms. The van der Waals surface area contributed by atoms with Gasteiger partial charge in [0, 0.05) is 6.61 Å². The first-order valence-corrected chi connectivity index (χ1v) is 5.71. The van der Waals surface area contributed by atoms with Crippen LogP contribution >= 0.6 is 0 Å². The highest BCUT2D eigenvalue weighted by Gasteiger charge is 2.01. The molecule has 0 aliphatic carbocycles. The highest BCUT2D eigenvalue weighted by molar-refractivity contribution is 5.23. The van der Waals surface area contributed by atoms with Crippen molar-refractivity contribution in [3.8, 4) is 0 Å². The predicted molar refractivity (Wildman–Crippen MR) is 64.0 cm³/mol. The highest BCUT2D eigenvalue weighted by atomic mass is 19.1. The van der Waals surface area contributed by atoms with Gasteiger partial charge in [0.1, 0.15) is 5.82 Å². The zero-order chi connectivity index (χ0) is 11.8. The molecule has 0 amide bonds. The molecule has 1 rings (SSSR count). The Hall–Kier alpha value is -0.930. The Morgan fingerprint density at radius 2 is 2.12 bits per heavy atom. The van der Waals surface area contributed by atoms with Crippen molar-refractivity contribution >= 4 is 0 Å².